The fraction of sp³-hybridized carbons (Fsp3) is 0.278. The van der Waals surface area contributed by atoms with Gasteiger partial charge in [-0.1, -0.05) is 12.1 Å². The highest BCUT2D eigenvalue weighted by molar-refractivity contribution is 6.04. The van der Waals surface area contributed by atoms with Gasteiger partial charge >= 0.3 is 0 Å². The number of hydrogen-bond donors (Lipinski definition) is 2. The molecule has 0 unspecified atom stereocenters. The Morgan fingerprint density at radius 3 is 2.38 bits per heavy atom. The van der Waals surface area contributed by atoms with Crippen LogP contribution in [0.5, 0.6) is 5.75 Å². The molecule has 24 heavy (non-hydrogen) atoms. The van der Waals surface area contributed by atoms with Crippen LogP contribution in [0, 0.1) is 6.92 Å². The number of hydrogen-bond acceptors (Lipinski definition) is 4. The van der Waals surface area contributed by atoms with Crippen molar-refractivity contribution in [2.24, 2.45) is 0 Å². The molecule has 0 aliphatic heterocycles. The smallest absolute Gasteiger partial charge is 0.274 e. The first kappa shape index (κ1) is 17.5. The number of carbonyl (C=O) groups is 2. The van der Waals surface area contributed by atoms with E-state index in [9.17, 15) is 9.59 Å². The van der Waals surface area contributed by atoms with Gasteiger partial charge in [0.05, 0.1) is 12.8 Å². The van der Waals surface area contributed by atoms with Crippen LogP contribution in [-0.2, 0) is 0 Å². The molecule has 2 amide bonds. The molecule has 0 saturated heterocycles. The predicted octanol–water partition coefficient (Wildman–Crippen LogP) is 2.79. The molecule has 2 N–H and O–H groups in total. The first-order chi connectivity index (χ1) is 11.4. The van der Waals surface area contributed by atoms with Gasteiger partial charge in [-0.05, 0) is 50.6 Å². The van der Waals surface area contributed by atoms with E-state index < -0.39 is 5.91 Å². The van der Waals surface area contributed by atoms with Crippen molar-refractivity contribution >= 4 is 17.5 Å². The lowest BCUT2D eigenvalue weighted by molar-refractivity contribution is 0.0938. The molecule has 0 fully saturated rings. The summed E-state index contributed by atoms with van der Waals surface area (Å²) in [7, 11) is 1.54. The third-order valence-electron chi connectivity index (χ3n) is 3.24. The van der Waals surface area contributed by atoms with E-state index in [-0.39, 0.29) is 23.3 Å². The van der Waals surface area contributed by atoms with Crippen molar-refractivity contribution in [1.29, 1.82) is 0 Å². The van der Waals surface area contributed by atoms with Crippen molar-refractivity contribution in [3.05, 3.63) is 53.3 Å². The summed E-state index contributed by atoms with van der Waals surface area (Å²) in [6.07, 6.45) is 0. The SMILES string of the molecule is COc1ccc(C)cc1NC(=O)c1cccc(C(=O)NC(C)C)n1. The van der Waals surface area contributed by atoms with Crippen molar-refractivity contribution in [3.8, 4) is 5.75 Å². The van der Waals surface area contributed by atoms with Gasteiger partial charge in [0.15, 0.2) is 0 Å². The monoisotopic (exact) mass is 327 g/mol. The number of rotatable bonds is 5. The molecule has 2 rings (SSSR count). The summed E-state index contributed by atoms with van der Waals surface area (Å²) in [4.78, 5) is 28.6. The van der Waals surface area contributed by atoms with E-state index in [0.717, 1.165) is 5.56 Å². The quantitative estimate of drug-likeness (QED) is 0.885. The molecule has 0 atom stereocenters. The molecular weight excluding hydrogens is 306 g/mol. The summed E-state index contributed by atoms with van der Waals surface area (Å²) in [6.45, 7) is 5.64. The van der Waals surface area contributed by atoms with E-state index in [2.05, 4.69) is 15.6 Å². The average molecular weight is 327 g/mol. The van der Waals surface area contributed by atoms with E-state index in [1.54, 1.807) is 24.3 Å². The van der Waals surface area contributed by atoms with Gasteiger partial charge in [-0.3, -0.25) is 9.59 Å². The Bertz CT molecular complexity index is 757. The summed E-state index contributed by atoms with van der Waals surface area (Å²) < 4.78 is 5.24. The molecule has 126 valence electrons. The first-order valence-electron chi connectivity index (χ1n) is 7.64. The number of amides is 2. The Morgan fingerprint density at radius 1 is 1.08 bits per heavy atom. The Labute approximate surface area is 141 Å². The predicted molar refractivity (Wildman–Crippen MR) is 92.5 cm³/mol. The van der Waals surface area contributed by atoms with Crippen LogP contribution in [0.3, 0.4) is 0 Å². The van der Waals surface area contributed by atoms with E-state index in [4.69, 9.17) is 4.74 Å². The largest absolute Gasteiger partial charge is 0.495 e. The highest BCUT2D eigenvalue weighted by atomic mass is 16.5. The number of nitrogens with one attached hydrogen (secondary N) is 2. The molecule has 1 heterocycles. The van der Waals surface area contributed by atoms with Gasteiger partial charge in [-0.15, -0.1) is 0 Å². The van der Waals surface area contributed by atoms with Gasteiger partial charge in [0.25, 0.3) is 11.8 Å². The standard InChI is InChI=1S/C18H21N3O3/c1-11(2)19-17(22)13-6-5-7-14(20-13)18(23)21-15-10-12(3)8-9-16(15)24-4/h5-11H,1-4H3,(H,19,22)(H,21,23). The highest BCUT2D eigenvalue weighted by Crippen LogP contribution is 2.25. The molecule has 0 aliphatic carbocycles. The zero-order chi connectivity index (χ0) is 17.7. The zero-order valence-corrected chi connectivity index (χ0v) is 14.2. The van der Waals surface area contributed by atoms with Crippen molar-refractivity contribution in [1.82, 2.24) is 10.3 Å². The van der Waals surface area contributed by atoms with Crippen LogP contribution < -0.4 is 15.4 Å². The number of methoxy groups -OCH3 is 1. The van der Waals surface area contributed by atoms with Gasteiger partial charge in [0, 0.05) is 6.04 Å². The fourth-order valence-corrected chi connectivity index (χ4v) is 2.13. The fourth-order valence-electron chi connectivity index (χ4n) is 2.13. The maximum Gasteiger partial charge on any atom is 0.274 e. The number of nitrogens with zero attached hydrogens (tertiary/aromatic N) is 1. The Morgan fingerprint density at radius 2 is 1.75 bits per heavy atom. The van der Waals surface area contributed by atoms with Crippen LogP contribution in [0.15, 0.2) is 36.4 Å². The molecule has 6 heteroatoms. The van der Waals surface area contributed by atoms with E-state index >= 15 is 0 Å². The van der Waals surface area contributed by atoms with Gasteiger partial charge in [0.1, 0.15) is 17.1 Å². The number of ether oxygens (including phenoxy) is 1. The van der Waals surface area contributed by atoms with E-state index in [1.807, 2.05) is 32.9 Å². The average Bonchev–Trinajstić information content (AvgIpc) is 2.54. The summed E-state index contributed by atoms with van der Waals surface area (Å²) in [5.74, 6) is -0.159. The highest BCUT2D eigenvalue weighted by Gasteiger charge is 2.14. The first-order valence-corrected chi connectivity index (χ1v) is 7.64. The van der Waals surface area contributed by atoms with Crippen molar-refractivity contribution in [2.45, 2.75) is 26.8 Å². The molecule has 0 spiro atoms. The molecule has 0 radical (unpaired) electrons. The lowest BCUT2D eigenvalue weighted by Gasteiger charge is -2.11. The second-order valence-corrected chi connectivity index (χ2v) is 5.69. The molecule has 1 aromatic heterocycles. The van der Waals surface area contributed by atoms with Crippen LogP contribution in [0.2, 0.25) is 0 Å². The van der Waals surface area contributed by atoms with Gasteiger partial charge in [-0.2, -0.15) is 0 Å². The summed E-state index contributed by atoms with van der Waals surface area (Å²) >= 11 is 0. The van der Waals surface area contributed by atoms with Crippen LogP contribution in [0.25, 0.3) is 0 Å². The van der Waals surface area contributed by atoms with Crippen LogP contribution in [0.1, 0.15) is 40.4 Å². The minimum absolute atomic E-state index is 0.00617. The lowest BCUT2D eigenvalue weighted by Crippen LogP contribution is -2.31. The molecule has 0 bridgehead atoms. The number of benzene rings is 1. The van der Waals surface area contributed by atoms with Gasteiger partial charge < -0.3 is 15.4 Å². The Balaban J connectivity index is 2.22. The maximum absolute atomic E-state index is 12.4. The van der Waals surface area contributed by atoms with Crippen LogP contribution in [0.4, 0.5) is 5.69 Å². The third kappa shape index (κ3) is 4.32. The molecular formula is C18H21N3O3. The number of aromatic nitrogens is 1. The number of carbonyl (C=O) groups excluding carboxylic acids is 2. The summed E-state index contributed by atoms with van der Waals surface area (Å²) in [5.41, 5.74) is 1.91. The molecule has 1 aromatic carbocycles. The second-order valence-electron chi connectivity index (χ2n) is 5.69. The van der Waals surface area contributed by atoms with Crippen molar-refractivity contribution in [2.75, 3.05) is 12.4 Å². The summed E-state index contributed by atoms with van der Waals surface area (Å²) in [5, 5.41) is 5.51. The lowest BCUT2D eigenvalue weighted by atomic mass is 10.2. The number of anilines is 1. The summed E-state index contributed by atoms with van der Waals surface area (Å²) in [6, 6.07) is 10.2. The van der Waals surface area contributed by atoms with Gasteiger partial charge in [-0.25, -0.2) is 4.98 Å². The van der Waals surface area contributed by atoms with Crippen LogP contribution in [-0.4, -0.2) is 29.9 Å². The zero-order valence-electron chi connectivity index (χ0n) is 14.2. The molecule has 6 nitrogen and oxygen atoms in total. The molecule has 0 aliphatic rings. The van der Waals surface area contributed by atoms with Crippen molar-refractivity contribution in [3.63, 3.8) is 0 Å². The Kier molecular flexibility index (Phi) is 5.52. The van der Waals surface area contributed by atoms with Crippen molar-refractivity contribution < 1.29 is 14.3 Å². The number of pyridine rings is 1. The number of aryl methyl sites for hydroxylation is 1. The second kappa shape index (κ2) is 7.59. The third-order valence-corrected chi connectivity index (χ3v) is 3.24. The topological polar surface area (TPSA) is 80.3 Å². The van der Waals surface area contributed by atoms with Crippen LogP contribution >= 0.6 is 0 Å². The minimum Gasteiger partial charge on any atom is -0.495 e. The molecule has 2 aromatic rings. The minimum atomic E-state index is -0.405. The van der Waals surface area contributed by atoms with E-state index in [0.29, 0.717) is 11.4 Å². The normalized spacial score (nSPS) is 10.4. The Hall–Kier alpha value is -2.89. The molecule has 0 saturated carbocycles. The van der Waals surface area contributed by atoms with E-state index in [1.165, 1.54) is 7.11 Å². The van der Waals surface area contributed by atoms with Gasteiger partial charge in [0.2, 0.25) is 0 Å². The maximum atomic E-state index is 12.4.